The van der Waals surface area contributed by atoms with Crippen LogP contribution in [0.1, 0.15) is 12.8 Å². The van der Waals surface area contributed by atoms with Crippen LogP contribution in [0.3, 0.4) is 0 Å². The number of rotatable bonds is 2. The number of hydrogen-bond donors (Lipinski definition) is 1. The molecule has 0 spiro atoms. The average molecular weight is 252 g/mol. The maximum atomic E-state index is 10.6. The maximum absolute atomic E-state index is 10.6. The van der Waals surface area contributed by atoms with E-state index < -0.39 is 5.97 Å². The van der Waals surface area contributed by atoms with Crippen LogP contribution >= 0.6 is 11.6 Å². The highest BCUT2D eigenvalue weighted by Gasteiger charge is 2.15. The highest BCUT2D eigenvalue weighted by Crippen LogP contribution is 2.24. The molecule has 0 radical (unpaired) electrons. The van der Waals surface area contributed by atoms with E-state index in [-0.39, 0.29) is 0 Å². The van der Waals surface area contributed by atoms with Crippen molar-refractivity contribution in [1.29, 1.82) is 0 Å². The number of hydrogen-bond acceptors (Lipinski definition) is 2. The van der Waals surface area contributed by atoms with Crippen molar-refractivity contribution < 1.29 is 9.90 Å². The van der Waals surface area contributed by atoms with Gasteiger partial charge in [-0.05, 0) is 31.0 Å². The first-order valence-electron chi connectivity index (χ1n) is 5.58. The molecule has 17 heavy (non-hydrogen) atoms. The van der Waals surface area contributed by atoms with Gasteiger partial charge in [0, 0.05) is 29.9 Å². The second-order valence-electron chi connectivity index (χ2n) is 4.11. The molecule has 1 aromatic carbocycles. The summed E-state index contributed by atoms with van der Waals surface area (Å²) in [4.78, 5) is 12.8. The van der Waals surface area contributed by atoms with Crippen LogP contribution in [0.5, 0.6) is 0 Å². The van der Waals surface area contributed by atoms with Gasteiger partial charge < -0.3 is 10.0 Å². The molecule has 4 heteroatoms. The molecule has 1 saturated heterocycles. The summed E-state index contributed by atoms with van der Waals surface area (Å²) in [5.41, 5.74) is 2.11. The van der Waals surface area contributed by atoms with E-state index in [0.29, 0.717) is 0 Å². The number of anilines is 1. The van der Waals surface area contributed by atoms with Gasteiger partial charge in [0.05, 0.1) is 0 Å². The number of carbonyl (C=O) groups is 1. The first-order chi connectivity index (χ1) is 8.15. The van der Waals surface area contributed by atoms with Gasteiger partial charge in [-0.2, -0.15) is 0 Å². The zero-order valence-electron chi connectivity index (χ0n) is 9.40. The maximum Gasteiger partial charge on any atom is 0.328 e. The Labute approximate surface area is 105 Å². The summed E-state index contributed by atoms with van der Waals surface area (Å²) in [6.45, 7) is 1.69. The number of nitrogens with zero attached hydrogens (tertiary/aromatic N) is 1. The van der Waals surface area contributed by atoms with Crippen molar-refractivity contribution in [3.8, 4) is 0 Å². The zero-order chi connectivity index (χ0) is 12.3. The fourth-order valence-corrected chi connectivity index (χ4v) is 2.23. The molecule has 0 atom stereocenters. The minimum absolute atomic E-state index is 0.731. The molecule has 1 aromatic rings. The third-order valence-corrected chi connectivity index (χ3v) is 3.14. The third kappa shape index (κ3) is 3.24. The molecule has 1 heterocycles. The van der Waals surface area contributed by atoms with Gasteiger partial charge in [0.1, 0.15) is 0 Å². The summed E-state index contributed by atoms with van der Waals surface area (Å²) in [5, 5.41) is 9.41. The molecular weight excluding hydrogens is 238 g/mol. The molecule has 0 aliphatic carbocycles. The molecule has 90 valence electrons. The molecule has 1 aliphatic heterocycles. The van der Waals surface area contributed by atoms with Crippen LogP contribution in [0.2, 0.25) is 5.02 Å². The summed E-state index contributed by atoms with van der Waals surface area (Å²) in [5.74, 6) is -0.851. The predicted molar refractivity (Wildman–Crippen MR) is 68.6 cm³/mol. The fourth-order valence-electron chi connectivity index (χ4n) is 2.04. The van der Waals surface area contributed by atoms with E-state index in [9.17, 15) is 4.79 Å². The van der Waals surface area contributed by atoms with Crippen LogP contribution in [0.25, 0.3) is 0 Å². The SMILES string of the molecule is O=C(O)C=C1CCN(c2cccc(Cl)c2)CC1. The first-order valence-corrected chi connectivity index (χ1v) is 5.96. The van der Waals surface area contributed by atoms with E-state index in [2.05, 4.69) is 4.90 Å². The summed E-state index contributed by atoms with van der Waals surface area (Å²) in [7, 11) is 0. The number of piperidine rings is 1. The van der Waals surface area contributed by atoms with E-state index in [1.54, 1.807) is 0 Å². The van der Waals surface area contributed by atoms with Crippen molar-refractivity contribution in [1.82, 2.24) is 0 Å². The van der Waals surface area contributed by atoms with Crippen molar-refractivity contribution >= 4 is 23.3 Å². The molecule has 0 saturated carbocycles. The number of halogens is 1. The quantitative estimate of drug-likeness (QED) is 0.822. The van der Waals surface area contributed by atoms with Crippen LogP contribution in [0.15, 0.2) is 35.9 Å². The standard InChI is InChI=1S/C13H14ClNO2/c14-11-2-1-3-12(9-11)15-6-4-10(5-7-15)8-13(16)17/h1-3,8-9H,4-7H2,(H,16,17). The largest absolute Gasteiger partial charge is 0.478 e. The Hall–Kier alpha value is -1.48. The molecule has 1 N–H and O–H groups in total. The van der Waals surface area contributed by atoms with Gasteiger partial charge in [0.15, 0.2) is 0 Å². The second-order valence-corrected chi connectivity index (χ2v) is 4.54. The minimum atomic E-state index is -0.851. The minimum Gasteiger partial charge on any atom is -0.478 e. The monoisotopic (exact) mass is 251 g/mol. The smallest absolute Gasteiger partial charge is 0.328 e. The van der Waals surface area contributed by atoms with Crippen LogP contribution in [0.4, 0.5) is 5.69 Å². The fraction of sp³-hybridized carbons (Fsp3) is 0.308. The Balaban J connectivity index is 2.02. The van der Waals surface area contributed by atoms with Gasteiger partial charge >= 0.3 is 5.97 Å². The second kappa shape index (κ2) is 5.23. The van der Waals surface area contributed by atoms with Gasteiger partial charge in [-0.15, -0.1) is 0 Å². The Morgan fingerprint density at radius 2 is 2.06 bits per heavy atom. The van der Waals surface area contributed by atoms with Crippen LogP contribution in [0, 0.1) is 0 Å². The Bertz CT molecular complexity index is 446. The van der Waals surface area contributed by atoms with Gasteiger partial charge in [0.2, 0.25) is 0 Å². The molecular formula is C13H14ClNO2. The van der Waals surface area contributed by atoms with Crippen molar-refractivity contribution in [3.05, 3.63) is 40.9 Å². The predicted octanol–water partition coefficient (Wildman–Crippen LogP) is 2.95. The lowest BCUT2D eigenvalue weighted by Gasteiger charge is -2.30. The van der Waals surface area contributed by atoms with Crippen molar-refractivity contribution in [2.75, 3.05) is 18.0 Å². The highest BCUT2D eigenvalue weighted by atomic mass is 35.5. The summed E-state index contributed by atoms with van der Waals surface area (Å²) >= 11 is 5.95. The summed E-state index contributed by atoms with van der Waals surface area (Å²) in [6, 6.07) is 7.75. The Morgan fingerprint density at radius 1 is 1.35 bits per heavy atom. The molecule has 0 bridgehead atoms. The Kier molecular flexibility index (Phi) is 3.69. The lowest BCUT2D eigenvalue weighted by Crippen LogP contribution is -2.30. The number of carboxylic acid groups (broad SMARTS) is 1. The Morgan fingerprint density at radius 3 is 2.65 bits per heavy atom. The number of benzene rings is 1. The van der Waals surface area contributed by atoms with Gasteiger partial charge in [-0.3, -0.25) is 0 Å². The van der Waals surface area contributed by atoms with Gasteiger partial charge in [-0.25, -0.2) is 4.79 Å². The average Bonchev–Trinajstić information content (AvgIpc) is 2.29. The lowest BCUT2D eigenvalue weighted by atomic mass is 10.0. The summed E-state index contributed by atoms with van der Waals surface area (Å²) in [6.07, 6.45) is 2.94. The van der Waals surface area contributed by atoms with E-state index in [0.717, 1.165) is 42.2 Å². The number of aliphatic carboxylic acids is 1. The van der Waals surface area contributed by atoms with Gasteiger partial charge in [0.25, 0.3) is 0 Å². The van der Waals surface area contributed by atoms with E-state index in [1.807, 2.05) is 24.3 Å². The molecule has 1 fully saturated rings. The molecule has 0 aromatic heterocycles. The zero-order valence-corrected chi connectivity index (χ0v) is 10.2. The van der Waals surface area contributed by atoms with Crippen molar-refractivity contribution in [2.45, 2.75) is 12.8 Å². The first kappa shape index (κ1) is 12.0. The molecule has 0 unspecified atom stereocenters. The normalized spacial score (nSPS) is 15.8. The molecule has 3 nitrogen and oxygen atoms in total. The van der Waals surface area contributed by atoms with E-state index in [1.165, 1.54) is 6.08 Å². The van der Waals surface area contributed by atoms with Crippen molar-refractivity contribution in [3.63, 3.8) is 0 Å². The topological polar surface area (TPSA) is 40.5 Å². The molecule has 2 rings (SSSR count). The van der Waals surface area contributed by atoms with Gasteiger partial charge in [-0.1, -0.05) is 23.2 Å². The number of carboxylic acids is 1. The third-order valence-electron chi connectivity index (χ3n) is 2.91. The molecule has 1 aliphatic rings. The van der Waals surface area contributed by atoms with Crippen LogP contribution in [-0.2, 0) is 4.79 Å². The molecule has 0 amide bonds. The summed E-state index contributed by atoms with van der Waals surface area (Å²) < 4.78 is 0. The lowest BCUT2D eigenvalue weighted by molar-refractivity contribution is -0.131. The van der Waals surface area contributed by atoms with E-state index >= 15 is 0 Å². The van der Waals surface area contributed by atoms with Crippen LogP contribution in [-0.4, -0.2) is 24.2 Å². The highest BCUT2D eigenvalue weighted by molar-refractivity contribution is 6.30. The van der Waals surface area contributed by atoms with Crippen molar-refractivity contribution in [2.24, 2.45) is 0 Å². The van der Waals surface area contributed by atoms with Crippen LogP contribution < -0.4 is 4.90 Å². The van der Waals surface area contributed by atoms with E-state index in [4.69, 9.17) is 16.7 Å².